The van der Waals surface area contributed by atoms with Gasteiger partial charge in [-0.15, -0.1) is 0 Å². The van der Waals surface area contributed by atoms with Crippen LogP contribution in [0.3, 0.4) is 0 Å². The molecule has 1 aliphatic rings. The molecule has 1 N–H and O–H groups in total. The molecule has 196 valence electrons. The zero-order valence-corrected chi connectivity index (χ0v) is 23.2. The van der Waals surface area contributed by atoms with Crippen molar-refractivity contribution < 1.29 is 13.2 Å². The molecule has 0 spiro atoms. The van der Waals surface area contributed by atoms with Crippen LogP contribution in [0.1, 0.15) is 32.6 Å². The van der Waals surface area contributed by atoms with Gasteiger partial charge in [0.15, 0.2) is 0 Å². The second kappa shape index (κ2) is 12.7. The molecule has 8 heteroatoms. The van der Waals surface area contributed by atoms with E-state index in [1.54, 1.807) is 16.4 Å². The molecule has 0 aromatic heterocycles. The zero-order valence-electron chi connectivity index (χ0n) is 21.5. The van der Waals surface area contributed by atoms with Crippen molar-refractivity contribution in [3.8, 4) is 0 Å². The molecule has 0 atom stereocenters. The van der Waals surface area contributed by atoms with Crippen molar-refractivity contribution in [2.75, 3.05) is 38.5 Å². The van der Waals surface area contributed by atoms with Gasteiger partial charge in [-0.1, -0.05) is 59.7 Å². The maximum absolute atomic E-state index is 13.0. The number of carbonyl (C=O) groups excluding carboxylic acids is 1. The fraction of sp³-hybridized carbons (Fsp3) is 0.345. The summed E-state index contributed by atoms with van der Waals surface area (Å²) in [5.41, 5.74) is 5.31. The first-order valence-corrected chi connectivity index (χ1v) is 15.2. The molecular formula is C29H35N3O3S2. The van der Waals surface area contributed by atoms with E-state index < -0.39 is 10.0 Å². The number of amides is 1. The topological polar surface area (TPSA) is 69.7 Å². The fourth-order valence-electron chi connectivity index (χ4n) is 4.39. The highest BCUT2D eigenvalue weighted by molar-refractivity contribution is 7.98. The third-order valence-electron chi connectivity index (χ3n) is 6.47. The molecule has 0 aliphatic carbocycles. The maximum atomic E-state index is 13.0. The number of nitrogens with one attached hydrogen (secondary N) is 1. The van der Waals surface area contributed by atoms with E-state index in [1.807, 2.05) is 55.1 Å². The molecule has 1 heterocycles. The predicted octanol–water partition coefficient (Wildman–Crippen LogP) is 4.47. The first-order chi connectivity index (χ1) is 17.8. The maximum Gasteiger partial charge on any atom is 0.251 e. The van der Waals surface area contributed by atoms with Gasteiger partial charge in [-0.05, 0) is 49.2 Å². The number of sulfonamides is 1. The number of thioether (sulfide) groups is 1. The lowest BCUT2D eigenvalue weighted by Crippen LogP contribution is -2.48. The van der Waals surface area contributed by atoms with Crippen LogP contribution in [0.4, 0.5) is 0 Å². The standard InChI is InChI=1S/C29H35N3O3S2/c1-23-9-11-28(12-10-23)37(34,35)32-16-14-31(15-17-32)21-25-6-4-8-27(20-25)29(33)30-13-18-36-22-26-7-3-5-24(2)19-26/h3-12,19-20H,13-18,21-22H2,1-2H3,(H,30,33). The number of carbonyl (C=O) groups is 1. The van der Waals surface area contributed by atoms with Gasteiger partial charge in [0.2, 0.25) is 10.0 Å². The Balaban J connectivity index is 1.22. The van der Waals surface area contributed by atoms with Crippen molar-refractivity contribution in [1.29, 1.82) is 0 Å². The minimum atomic E-state index is -3.47. The number of rotatable bonds is 10. The molecule has 0 bridgehead atoms. The van der Waals surface area contributed by atoms with Gasteiger partial charge in [-0.3, -0.25) is 9.69 Å². The van der Waals surface area contributed by atoms with E-state index in [0.29, 0.717) is 49.7 Å². The Morgan fingerprint density at radius 1 is 0.865 bits per heavy atom. The molecule has 1 fully saturated rings. The summed E-state index contributed by atoms with van der Waals surface area (Å²) in [6.45, 7) is 7.57. The second-order valence-electron chi connectivity index (χ2n) is 9.49. The normalized spacial score (nSPS) is 15.0. The Kier molecular flexibility index (Phi) is 9.43. The van der Waals surface area contributed by atoms with E-state index in [1.165, 1.54) is 11.1 Å². The Bertz CT molecular complexity index is 1300. The van der Waals surface area contributed by atoms with Crippen LogP contribution in [0.25, 0.3) is 0 Å². The highest BCUT2D eigenvalue weighted by Crippen LogP contribution is 2.19. The Labute approximate surface area is 225 Å². The van der Waals surface area contributed by atoms with Crippen LogP contribution < -0.4 is 5.32 Å². The SMILES string of the molecule is Cc1ccc(S(=O)(=O)N2CCN(Cc3cccc(C(=O)NCCSCc4cccc(C)c4)c3)CC2)cc1. The van der Waals surface area contributed by atoms with E-state index >= 15 is 0 Å². The van der Waals surface area contributed by atoms with Gasteiger partial charge >= 0.3 is 0 Å². The number of hydrogen-bond acceptors (Lipinski definition) is 5. The highest BCUT2D eigenvalue weighted by Gasteiger charge is 2.28. The Morgan fingerprint density at radius 2 is 1.57 bits per heavy atom. The van der Waals surface area contributed by atoms with Crippen molar-refractivity contribution in [3.63, 3.8) is 0 Å². The molecule has 6 nitrogen and oxygen atoms in total. The largest absolute Gasteiger partial charge is 0.351 e. The van der Waals surface area contributed by atoms with E-state index in [0.717, 1.165) is 22.6 Å². The molecule has 1 saturated heterocycles. The molecule has 0 saturated carbocycles. The van der Waals surface area contributed by atoms with Gasteiger partial charge < -0.3 is 5.32 Å². The van der Waals surface area contributed by atoms with Gasteiger partial charge in [0, 0.05) is 56.3 Å². The van der Waals surface area contributed by atoms with Crippen LogP contribution in [0.15, 0.2) is 77.7 Å². The van der Waals surface area contributed by atoms with Gasteiger partial charge in [0.25, 0.3) is 5.91 Å². The first-order valence-electron chi connectivity index (χ1n) is 12.6. The molecule has 37 heavy (non-hydrogen) atoms. The molecule has 1 aliphatic heterocycles. The van der Waals surface area contributed by atoms with Gasteiger partial charge in [-0.2, -0.15) is 16.1 Å². The van der Waals surface area contributed by atoms with Gasteiger partial charge in [-0.25, -0.2) is 8.42 Å². The van der Waals surface area contributed by atoms with Crippen molar-refractivity contribution >= 4 is 27.7 Å². The summed E-state index contributed by atoms with van der Waals surface area (Å²) < 4.78 is 27.5. The van der Waals surface area contributed by atoms with Crippen molar-refractivity contribution in [2.24, 2.45) is 0 Å². The molecule has 4 rings (SSSR count). The first kappa shape index (κ1) is 27.4. The van der Waals surface area contributed by atoms with Gasteiger partial charge in [0.1, 0.15) is 0 Å². The summed E-state index contributed by atoms with van der Waals surface area (Å²) >= 11 is 1.81. The number of piperazine rings is 1. The number of hydrogen-bond donors (Lipinski definition) is 1. The molecular weight excluding hydrogens is 502 g/mol. The van der Waals surface area contributed by atoms with Crippen LogP contribution >= 0.6 is 11.8 Å². The van der Waals surface area contributed by atoms with Crippen molar-refractivity contribution in [2.45, 2.75) is 31.0 Å². The van der Waals surface area contributed by atoms with Crippen LogP contribution in [0.2, 0.25) is 0 Å². The molecule has 3 aromatic rings. The summed E-state index contributed by atoms with van der Waals surface area (Å²) in [4.78, 5) is 15.3. The fourth-order valence-corrected chi connectivity index (χ4v) is 6.62. The number of nitrogens with zero attached hydrogens (tertiary/aromatic N) is 2. The summed E-state index contributed by atoms with van der Waals surface area (Å²) in [6.07, 6.45) is 0. The molecule has 0 radical (unpaired) electrons. The lowest BCUT2D eigenvalue weighted by atomic mass is 10.1. The average molecular weight is 538 g/mol. The number of aryl methyl sites for hydroxylation is 2. The summed E-state index contributed by atoms with van der Waals surface area (Å²) in [6, 6.07) is 23.2. The summed E-state index contributed by atoms with van der Waals surface area (Å²) in [5, 5.41) is 3.02. The van der Waals surface area contributed by atoms with Crippen LogP contribution in [0.5, 0.6) is 0 Å². The number of benzene rings is 3. The van der Waals surface area contributed by atoms with Crippen LogP contribution in [-0.2, 0) is 22.3 Å². The lowest BCUT2D eigenvalue weighted by Gasteiger charge is -2.34. The monoisotopic (exact) mass is 537 g/mol. The Morgan fingerprint density at radius 3 is 2.30 bits per heavy atom. The van der Waals surface area contributed by atoms with Crippen LogP contribution in [0, 0.1) is 13.8 Å². The molecule has 3 aromatic carbocycles. The van der Waals surface area contributed by atoms with Crippen molar-refractivity contribution in [3.05, 3.63) is 101 Å². The van der Waals surface area contributed by atoms with Crippen LogP contribution in [-0.4, -0.2) is 62.0 Å². The summed E-state index contributed by atoms with van der Waals surface area (Å²) in [7, 11) is -3.47. The minimum absolute atomic E-state index is 0.0629. The highest BCUT2D eigenvalue weighted by atomic mass is 32.2. The smallest absolute Gasteiger partial charge is 0.251 e. The average Bonchev–Trinajstić information content (AvgIpc) is 2.89. The third kappa shape index (κ3) is 7.68. The van der Waals surface area contributed by atoms with E-state index in [9.17, 15) is 13.2 Å². The lowest BCUT2D eigenvalue weighted by molar-refractivity contribution is 0.0956. The van der Waals surface area contributed by atoms with E-state index in [4.69, 9.17) is 0 Å². The summed E-state index contributed by atoms with van der Waals surface area (Å²) in [5.74, 6) is 1.73. The Hall–Kier alpha value is -2.65. The zero-order chi connectivity index (χ0) is 26.3. The van der Waals surface area contributed by atoms with Crippen molar-refractivity contribution in [1.82, 2.24) is 14.5 Å². The van der Waals surface area contributed by atoms with E-state index in [2.05, 4.69) is 41.4 Å². The molecule has 0 unspecified atom stereocenters. The van der Waals surface area contributed by atoms with E-state index in [-0.39, 0.29) is 5.91 Å². The third-order valence-corrected chi connectivity index (χ3v) is 9.41. The predicted molar refractivity (Wildman–Crippen MR) is 151 cm³/mol. The quantitative estimate of drug-likeness (QED) is 0.387. The van der Waals surface area contributed by atoms with Gasteiger partial charge in [0.05, 0.1) is 4.90 Å². The second-order valence-corrected chi connectivity index (χ2v) is 12.5. The molecule has 1 amide bonds. The minimum Gasteiger partial charge on any atom is -0.351 e.